The van der Waals surface area contributed by atoms with Crippen LogP contribution in [0.15, 0.2) is 0 Å². The number of hydrogen-bond donors (Lipinski definition) is 2. The van der Waals surface area contributed by atoms with Gasteiger partial charge < -0.3 is 15.4 Å². The van der Waals surface area contributed by atoms with Crippen LogP contribution in [-0.4, -0.2) is 30.8 Å². The van der Waals surface area contributed by atoms with Crippen LogP contribution in [0.2, 0.25) is 0 Å². The Bertz CT molecular complexity index is 256. The van der Waals surface area contributed by atoms with Gasteiger partial charge in [-0.15, -0.1) is 0 Å². The Morgan fingerprint density at radius 1 is 1.50 bits per heavy atom. The highest BCUT2D eigenvalue weighted by Gasteiger charge is 2.34. The lowest BCUT2D eigenvalue weighted by atomic mass is 9.85. The molecule has 4 heteroatoms. The molecule has 1 aliphatic rings. The Labute approximate surface area is 98.1 Å². The van der Waals surface area contributed by atoms with Crippen molar-refractivity contribution in [2.45, 2.75) is 52.7 Å². The molecular weight excluding hydrogens is 204 g/mol. The topological polar surface area (TPSA) is 50.4 Å². The van der Waals surface area contributed by atoms with E-state index in [2.05, 4.69) is 24.5 Å². The molecule has 1 aliphatic heterocycles. The Balaban J connectivity index is 2.32. The number of ether oxygens (including phenoxy) is 1. The molecule has 4 nitrogen and oxygen atoms in total. The molecule has 0 spiro atoms. The Hall–Kier alpha value is -0.770. The van der Waals surface area contributed by atoms with E-state index in [4.69, 9.17) is 4.74 Å². The minimum absolute atomic E-state index is 0.245. The highest BCUT2D eigenvalue weighted by molar-refractivity contribution is 5.67. The van der Waals surface area contributed by atoms with Crippen molar-refractivity contribution in [3.05, 3.63) is 0 Å². The zero-order valence-corrected chi connectivity index (χ0v) is 11.0. The van der Waals surface area contributed by atoms with Gasteiger partial charge in [0.1, 0.15) is 5.60 Å². The predicted molar refractivity (Wildman–Crippen MR) is 64.4 cm³/mol. The van der Waals surface area contributed by atoms with Gasteiger partial charge in [-0.1, -0.05) is 13.8 Å². The largest absolute Gasteiger partial charge is 0.444 e. The van der Waals surface area contributed by atoms with E-state index in [9.17, 15) is 4.79 Å². The van der Waals surface area contributed by atoms with Crippen LogP contribution in [-0.2, 0) is 4.74 Å². The van der Waals surface area contributed by atoms with E-state index < -0.39 is 5.60 Å². The van der Waals surface area contributed by atoms with Gasteiger partial charge in [-0.2, -0.15) is 0 Å². The summed E-state index contributed by atoms with van der Waals surface area (Å²) >= 11 is 0. The van der Waals surface area contributed by atoms with Crippen molar-refractivity contribution in [3.63, 3.8) is 0 Å². The summed E-state index contributed by atoms with van der Waals surface area (Å²) in [6.45, 7) is 11.7. The molecule has 16 heavy (non-hydrogen) atoms. The van der Waals surface area contributed by atoms with Crippen LogP contribution in [0.1, 0.15) is 41.0 Å². The SMILES string of the molecule is CC(C)(C)OC(=O)NCC1NCCC1(C)C. The molecule has 94 valence electrons. The normalized spacial score (nSPS) is 24.2. The van der Waals surface area contributed by atoms with Crippen LogP contribution in [0, 0.1) is 5.41 Å². The second-order valence-electron chi connectivity index (χ2n) is 6.13. The van der Waals surface area contributed by atoms with Gasteiger partial charge in [-0.3, -0.25) is 0 Å². The number of carbonyl (C=O) groups is 1. The smallest absolute Gasteiger partial charge is 0.407 e. The lowest BCUT2D eigenvalue weighted by Gasteiger charge is -2.27. The van der Waals surface area contributed by atoms with Crippen LogP contribution in [0.25, 0.3) is 0 Å². The number of carbonyl (C=O) groups excluding carboxylic acids is 1. The molecule has 1 atom stereocenters. The van der Waals surface area contributed by atoms with Gasteiger partial charge in [-0.05, 0) is 39.2 Å². The number of amides is 1. The summed E-state index contributed by atoms with van der Waals surface area (Å²) in [5, 5.41) is 6.21. The Morgan fingerprint density at radius 3 is 2.56 bits per heavy atom. The third-order valence-corrected chi connectivity index (χ3v) is 2.95. The molecule has 1 saturated heterocycles. The van der Waals surface area contributed by atoms with E-state index in [0.717, 1.165) is 13.0 Å². The zero-order chi connectivity index (χ0) is 12.4. The van der Waals surface area contributed by atoms with Gasteiger partial charge in [0.05, 0.1) is 0 Å². The van der Waals surface area contributed by atoms with E-state index in [1.807, 2.05) is 20.8 Å². The molecule has 1 rings (SSSR count). The van der Waals surface area contributed by atoms with Crippen molar-refractivity contribution < 1.29 is 9.53 Å². The fraction of sp³-hybridized carbons (Fsp3) is 0.917. The van der Waals surface area contributed by atoms with Crippen molar-refractivity contribution in [2.24, 2.45) is 5.41 Å². The summed E-state index contributed by atoms with van der Waals surface area (Å²) in [5.74, 6) is 0. The third kappa shape index (κ3) is 4.00. The molecule has 0 aromatic rings. The summed E-state index contributed by atoms with van der Waals surface area (Å²) in [6.07, 6.45) is 0.810. The number of alkyl carbamates (subject to hydrolysis) is 1. The molecule has 1 heterocycles. The maximum Gasteiger partial charge on any atom is 0.407 e. The maximum atomic E-state index is 11.5. The van der Waals surface area contributed by atoms with Gasteiger partial charge >= 0.3 is 6.09 Å². The minimum Gasteiger partial charge on any atom is -0.444 e. The zero-order valence-electron chi connectivity index (χ0n) is 11.0. The highest BCUT2D eigenvalue weighted by atomic mass is 16.6. The van der Waals surface area contributed by atoms with Crippen LogP contribution in [0.3, 0.4) is 0 Å². The summed E-state index contributed by atoms with van der Waals surface area (Å²) in [6, 6.07) is 0.333. The van der Waals surface area contributed by atoms with E-state index in [-0.39, 0.29) is 11.5 Å². The number of rotatable bonds is 2. The van der Waals surface area contributed by atoms with E-state index in [0.29, 0.717) is 12.6 Å². The van der Waals surface area contributed by atoms with Crippen molar-refractivity contribution in [3.8, 4) is 0 Å². The Morgan fingerprint density at radius 2 is 2.12 bits per heavy atom. The first kappa shape index (κ1) is 13.3. The standard InChI is InChI=1S/C12H24N2O2/c1-11(2,3)16-10(15)14-8-9-12(4,5)6-7-13-9/h9,13H,6-8H2,1-5H3,(H,14,15). The molecule has 0 aromatic heterocycles. The van der Waals surface area contributed by atoms with Crippen molar-refractivity contribution in [1.82, 2.24) is 10.6 Å². The molecule has 0 aliphatic carbocycles. The molecule has 2 N–H and O–H groups in total. The fourth-order valence-corrected chi connectivity index (χ4v) is 1.87. The highest BCUT2D eigenvalue weighted by Crippen LogP contribution is 2.29. The molecule has 1 fully saturated rings. The molecule has 0 aromatic carbocycles. The van der Waals surface area contributed by atoms with Gasteiger partial charge in [0.2, 0.25) is 0 Å². The first-order valence-electron chi connectivity index (χ1n) is 5.91. The van der Waals surface area contributed by atoms with E-state index >= 15 is 0 Å². The van der Waals surface area contributed by atoms with Gasteiger partial charge in [0.25, 0.3) is 0 Å². The maximum absolute atomic E-state index is 11.5. The van der Waals surface area contributed by atoms with Crippen LogP contribution >= 0.6 is 0 Å². The second kappa shape index (κ2) is 4.62. The van der Waals surface area contributed by atoms with Gasteiger partial charge in [0, 0.05) is 12.6 Å². The molecule has 0 bridgehead atoms. The van der Waals surface area contributed by atoms with Crippen LogP contribution < -0.4 is 10.6 Å². The predicted octanol–water partition coefficient (Wildman–Crippen LogP) is 1.90. The third-order valence-electron chi connectivity index (χ3n) is 2.95. The Kier molecular flexibility index (Phi) is 3.84. The quantitative estimate of drug-likeness (QED) is 0.759. The molecule has 0 radical (unpaired) electrons. The number of nitrogens with one attached hydrogen (secondary N) is 2. The summed E-state index contributed by atoms with van der Waals surface area (Å²) < 4.78 is 5.19. The van der Waals surface area contributed by atoms with Crippen molar-refractivity contribution in [2.75, 3.05) is 13.1 Å². The first-order valence-corrected chi connectivity index (χ1v) is 5.91. The van der Waals surface area contributed by atoms with Crippen molar-refractivity contribution >= 4 is 6.09 Å². The van der Waals surface area contributed by atoms with Crippen molar-refractivity contribution in [1.29, 1.82) is 0 Å². The van der Waals surface area contributed by atoms with Crippen LogP contribution in [0.4, 0.5) is 4.79 Å². The molecule has 1 unspecified atom stereocenters. The second-order valence-corrected chi connectivity index (χ2v) is 6.13. The monoisotopic (exact) mass is 228 g/mol. The summed E-state index contributed by atoms with van der Waals surface area (Å²) in [5.41, 5.74) is -0.183. The average molecular weight is 228 g/mol. The van der Waals surface area contributed by atoms with Gasteiger partial charge in [-0.25, -0.2) is 4.79 Å². The first-order chi connectivity index (χ1) is 7.21. The lowest BCUT2D eigenvalue weighted by Crippen LogP contribution is -2.44. The van der Waals surface area contributed by atoms with E-state index in [1.54, 1.807) is 0 Å². The van der Waals surface area contributed by atoms with Gasteiger partial charge in [0.15, 0.2) is 0 Å². The number of hydrogen-bond acceptors (Lipinski definition) is 3. The fourth-order valence-electron chi connectivity index (χ4n) is 1.87. The van der Waals surface area contributed by atoms with E-state index in [1.165, 1.54) is 0 Å². The molecule has 0 saturated carbocycles. The summed E-state index contributed by atoms with van der Waals surface area (Å²) in [4.78, 5) is 11.5. The lowest BCUT2D eigenvalue weighted by molar-refractivity contribution is 0.0517. The molecule has 1 amide bonds. The summed E-state index contributed by atoms with van der Waals surface area (Å²) in [7, 11) is 0. The minimum atomic E-state index is -0.428. The average Bonchev–Trinajstić information content (AvgIpc) is 2.38. The van der Waals surface area contributed by atoms with Crippen LogP contribution in [0.5, 0.6) is 0 Å². The molecular formula is C12H24N2O2.